The van der Waals surface area contributed by atoms with E-state index in [9.17, 15) is 19.5 Å². The van der Waals surface area contributed by atoms with Crippen molar-refractivity contribution in [3.63, 3.8) is 0 Å². The Labute approximate surface area is 281 Å². The van der Waals surface area contributed by atoms with Gasteiger partial charge in [-0.2, -0.15) is 0 Å². The summed E-state index contributed by atoms with van der Waals surface area (Å²) in [4.78, 5) is 36.5. The first-order valence-corrected chi connectivity index (χ1v) is 18.4. The summed E-state index contributed by atoms with van der Waals surface area (Å²) >= 11 is 0. The first-order valence-electron chi connectivity index (χ1n) is 18.4. The summed E-state index contributed by atoms with van der Waals surface area (Å²) in [7, 11) is 5.39. The van der Waals surface area contributed by atoms with Crippen molar-refractivity contribution in [3.8, 4) is 0 Å². The van der Waals surface area contributed by atoms with Crippen LogP contribution in [0.3, 0.4) is 0 Å². The minimum absolute atomic E-state index is 0.0390. The Hall–Kier alpha value is -2.19. The predicted molar refractivity (Wildman–Crippen MR) is 185 cm³/mol. The van der Waals surface area contributed by atoms with E-state index in [1.165, 1.54) is 44.9 Å². The number of quaternary nitrogens is 1. The Morgan fingerprint density at radius 1 is 0.674 bits per heavy atom. The molecule has 2 atom stereocenters. The van der Waals surface area contributed by atoms with Crippen LogP contribution in [-0.4, -0.2) is 75.5 Å². The highest BCUT2D eigenvalue weighted by atomic mass is 16.6. The molecule has 0 heterocycles. The van der Waals surface area contributed by atoms with Crippen molar-refractivity contribution in [3.05, 3.63) is 24.3 Å². The zero-order valence-corrected chi connectivity index (χ0v) is 30.2. The lowest BCUT2D eigenvalue weighted by Crippen LogP contribution is -2.55. The van der Waals surface area contributed by atoms with E-state index in [2.05, 4.69) is 38.2 Å². The summed E-state index contributed by atoms with van der Waals surface area (Å²) in [6, 6.07) is -0.723. The van der Waals surface area contributed by atoms with Gasteiger partial charge in [0.1, 0.15) is 12.6 Å². The van der Waals surface area contributed by atoms with Gasteiger partial charge in [-0.3, -0.25) is 9.59 Å². The molecule has 8 nitrogen and oxygen atoms in total. The number of likely N-dealkylation sites (N-methyl/N-ethyl adjacent to an activating group) is 1. The minimum atomic E-state index is -1.13. The molecule has 0 aliphatic carbocycles. The van der Waals surface area contributed by atoms with Crippen LogP contribution >= 0.6 is 0 Å². The molecule has 0 rings (SSSR count). The van der Waals surface area contributed by atoms with Gasteiger partial charge >= 0.3 is 11.9 Å². The molecule has 0 aliphatic heterocycles. The highest BCUT2D eigenvalue weighted by Crippen LogP contribution is 2.13. The zero-order valence-electron chi connectivity index (χ0n) is 30.2. The number of carboxylic acids is 1. The van der Waals surface area contributed by atoms with Crippen molar-refractivity contribution in [2.75, 3.05) is 41.0 Å². The Kier molecular flexibility index (Phi) is 28.7. The normalized spacial score (nSPS) is 13.3. The molecule has 268 valence electrons. The third-order valence-electron chi connectivity index (χ3n) is 8.10. The molecule has 0 saturated heterocycles. The highest BCUT2D eigenvalue weighted by Gasteiger charge is 2.25. The SMILES string of the molecule is CC/C=C/C/C=C/CCCCCCCC(=O)OCC(COCCC(C(=O)[O-])[N+](C)(C)C)OC(=O)CCCCCCCCCCCC. The predicted octanol–water partition coefficient (Wildman–Crippen LogP) is 7.63. The van der Waals surface area contributed by atoms with E-state index in [0.29, 0.717) is 12.8 Å². The van der Waals surface area contributed by atoms with E-state index < -0.39 is 18.1 Å². The van der Waals surface area contributed by atoms with E-state index in [1.54, 1.807) is 21.1 Å². The van der Waals surface area contributed by atoms with Crippen LogP contribution < -0.4 is 5.11 Å². The summed E-state index contributed by atoms with van der Waals surface area (Å²) in [5.74, 6) is -1.76. The fourth-order valence-corrected chi connectivity index (χ4v) is 5.22. The largest absolute Gasteiger partial charge is 0.544 e. The molecule has 0 N–H and O–H groups in total. The molecule has 0 radical (unpaired) electrons. The van der Waals surface area contributed by atoms with Gasteiger partial charge < -0.3 is 28.6 Å². The number of aliphatic carboxylic acids is 1. The number of unbranched alkanes of at least 4 members (excludes halogenated alkanes) is 14. The number of rotatable bonds is 32. The molecule has 0 bridgehead atoms. The van der Waals surface area contributed by atoms with Crippen LogP contribution in [0.25, 0.3) is 0 Å². The van der Waals surface area contributed by atoms with Gasteiger partial charge in [-0.1, -0.05) is 115 Å². The Bertz CT molecular complexity index is 818. The molecule has 0 saturated carbocycles. The highest BCUT2D eigenvalue weighted by molar-refractivity contribution is 5.70. The fourth-order valence-electron chi connectivity index (χ4n) is 5.22. The molecule has 8 heteroatoms. The number of carbonyl (C=O) groups is 3. The average molecular weight is 652 g/mol. The van der Waals surface area contributed by atoms with Gasteiger partial charge in [-0.05, 0) is 38.5 Å². The van der Waals surface area contributed by atoms with Crippen LogP contribution in [0.2, 0.25) is 0 Å². The van der Waals surface area contributed by atoms with Crippen LogP contribution in [0.1, 0.15) is 149 Å². The topological polar surface area (TPSA) is 102 Å². The van der Waals surface area contributed by atoms with Crippen molar-refractivity contribution in [1.82, 2.24) is 0 Å². The lowest BCUT2D eigenvalue weighted by molar-refractivity contribution is -0.889. The second-order valence-electron chi connectivity index (χ2n) is 13.4. The van der Waals surface area contributed by atoms with E-state index in [1.807, 2.05) is 0 Å². The third-order valence-corrected chi connectivity index (χ3v) is 8.10. The molecular formula is C38H69NO7. The molecule has 0 aromatic carbocycles. The summed E-state index contributed by atoms with van der Waals surface area (Å²) in [5.41, 5.74) is 0. The number of hydrogen-bond donors (Lipinski definition) is 0. The maximum absolute atomic E-state index is 12.6. The molecule has 0 aromatic heterocycles. The lowest BCUT2D eigenvalue weighted by atomic mass is 10.1. The average Bonchev–Trinajstić information content (AvgIpc) is 3.00. The van der Waals surface area contributed by atoms with Gasteiger partial charge in [-0.15, -0.1) is 0 Å². The molecular weight excluding hydrogens is 582 g/mol. The number of allylic oxidation sites excluding steroid dienone is 4. The maximum Gasteiger partial charge on any atom is 0.306 e. The second-order valence-corrected chi connectivity index (χ2v) is 13.4. The van der Waals surface area contributed by atoms with Gasteiger partial charge in [-0.25, -0.2) is 0 Å². The van der Waals surface area contributed by atoms with Gasteiger partial charge in [0.15, 0.2) is 6.10 Å². The molecule has 0 aliphatic rings. The number of carbonyl (C=O) groups excluding carboxylic acids is 3. The van der Waals surface area contributed by atoms with E-state index >= 15 is 0 Å². The minimum Gasteiger partial charge on any atom is -0.544 e. The first kappa shape index (κ1) is 43.8. The first-order chi connectivity index (χ1) is 22.1. The van der Waals surface area contributed by atoms with E-state index in [4.69, 9.17) is 14.2 Å². The van der Waals surface area contributed by atoms with Crippen molar-refractivity contribution < 1.29 is 38.2 Å². The van der Waals surface area contributed by atoms with Crippen molar-refractivity contribution >= 4 is 17.9 Å². The number of nitrogens with zero attached hydrogens (tertiary/aromatic N) is 1. The van der Waals surface area contributed by atoms with Gasteiger partial charge in [0.2, 0.25) is 0 Å². The fraction of sp³-hybridized carbons (Fsp3) is 0.816. The summed E-state index contributed by atoms with van der Waals surface area (Å²) in [5, 5.41) is 11.5. The molecule has 0 fully saturated rings. The monoisotopic (exact) mass is 652 g/mol. The van der Waals surface area contributed by atoms with E-state index in [-0.39, 0.29) is 42.7 Å². The standard InChI is InChI=1S/C38H69NO7/c1-6-8-10-12-14-16-18-19-21-22-24-26-28-36(40)45-33-34(32-44-31-30-35(38(42)43)39(3,4)5)46-37(41)29-27-25-23-20-17-15-13-11-9-7-2/h8,10,14,16,34-35H,6-7,9,11-13,15,17-33H2,1-5H3/b10-8+,16-14+. The number of esters is 2. The zero-order chi connectivity index (χ0) is 34.3. The summed E-state index contributed by atoms with van der Waals surface area (Å²) < 4.78 is 17.0. The number of ether oxygens (including phenoxy) is 3. The summed E-state index contributed by atoms with van der Waals surface area (Å²) in [6.45, 7) is 4.50. The van der Waals surface area contributed by atoms with Gasteiger partial charge in [0.05, 0.1) is 40.3 Å². The van der Waals surface area contributed by atoms with Crippen molar-refractivity contribution in [2.24, 2.45) is 0 Å². The van der Waals surface area contributed by atoms with Crippen LogP contribution in [0.5, 0.6) is 0 Å². The second kappa shape index (κ2) is 30.2. The Balaban J connectivity index is 4.45. The quantitative estimate of drug-likeness (QED) is 0.0319. The summed E-state index contributed by atoms with van der Waals surface area (Å²) in [6.07, 6.45) is 29.2. The maximum atomic E-state index is 12.6. The number of carboxylic acid groups (broad SMARTS) is 1. The third kappa shape index (κ3) is 28.1. The van der Waals surface area contributed by atoms with Crippen LogP contribution in [0.4, 0.5) is 0 Å². The van der Waals surface area contributed by atoms with Crippen LogP contribution in [-0.2, 0) is 28.6 Å². The van der Waals surface area contributed by atoms with Gasteiger partial charge in [0, 0.05) is 19.3 Å². The smallest absolute Gasteiger partial charge is 0.306 e. The molecule has 46 heavy (non-hydrogen) atoms. The molecule has 0 amide bonds. The Morgan fingerprint density at radius 2 is 1.22 bits per heavy atom. The van der Waals surface area contributed by atoms with Crippen molar-refractivity contribution in [2.45, 2.75) is 161 Å². The van der Waals surface area contributed by atoms with E-state index in [0.717, 1.165) is 70.6 Å². The molecule has 2 unspecified atom stereocenters. The van der Waals surface area contributed by atoms with Crippen molar-refractivity contribution in [1.29, 1.82) is 0 Å². The lowest BCUT2D eigenvalue weighted by Gasteiger charge is -2.34. The van der Waals surface area contributed by atoms with Gasteiger partial charge in [0.25, 0.3) is 0 Å². The Morgan fingerprint density at radius 3 is 1.78 bits per heavy atom. The van der Waals surface area contributed by atoms with Crippen LogP contribution in [0, 0.1) is 0 Å². The van der Waals surface area contributed by atoms with Crippen LogP contribution in [0.15, 0.2) is 24.3 Å². The number of hydrogen-bond acceptors (Lipinski definition) is 7. The molecule has 0 spiro atoms. The molecule has 0 aromatic rings.